The first kappa shape index (κ1) is 17.2. The molecular weight excluding hydrogens is 232 g/mol. The van der Waals surface area contributed by atoms with Crippen molar-refractivity contribution in [2.45, 2.75) is 39.5 Å². The molecule has 108 valence electrons. The summed E-state index contributed by atoms with van der Waals surface area (Å²) in [6.45, 7) is 8.58. The maximum atomic E-state index is 10.9. The Morgan fingerprint density at radius 3 is 2.44 bits per heavy atom. The molecule has 0 aromatic carbocycles. The number of amides is 1. The Morgan fingerprint density at radius 2 is 1.72 bits per heavy atom. The molecular formula is C13H28N2O3. The second-order valence-electron chi connectivity index (χ2n) is 4.09. The third-order valence-corrected chi connectivity index (χ3v) is 2.34. The normalized spacial score (nSPS) is 10.3. The number of hydrogen-bond donors (Lipinski definition) is 2. The third-order valence-electron chi connectivity index (χ3n) is 2.34. The molecule has 1 amide bonds. The van der Waals surface area contributed by atoms with Crippen molar-refractivity contribution in [1.29, 1.82) is 0 Å². The zero-order chi connectivity index (χ0) is 13.5. The Morgan fingerprint density at radius 1 is 1.00 bits per heavy atom. The number of nitrogens with one attached hydrogen (secondary N) is 2. The number of carbonyl (C=O) groups excluding carboxylic acids is 1. The van der Waals surface area contributed by atoms with Crippen LogP contribution >= 0.6 is 0 Å². The lowest BCUT2D eigenvalue weighted by atomic mass is 10.3. The summed E-state index contributed by atoms with van der Waals surface area (Å²) >= 11 is 0. The molecule has 0 atom stereocenters. The van der Waals surface area contributed by atoms with Crippen molar-refractivity contribution in [1.82, 2.24) is 10.6 Å². The highest BCUT2D eigenvalue weighted by Gasteiger charge is 1.98. The second kappa shape index (κ2) is 14.3. The Labute approximate surface area is 111 Å². The number of unbranched alkanes of at least 4 members (excludes halogenated alkanes) is 1. The minimum absolute atomic E-state index is 0.349. The maximum absolute atomic E-state index is 10.9. The van der Waals surface area contributed by atoms with Crippen LogP contribution in [-0.2, 0) is 9.47 Å². The summed E-state index contributed by atoms with van der Waals surface area (Å²) in [7, 11) is 0. The van der Waals surface area contributed by atoms with Crippen LogP contribution in [0.2, 0.25) is 0 Å². The van der Waals surface area contributed by atoms with E-state index in [1.165, 1.54) is 12.8 Å². The summed E-state index contributed by atoms with van der Waals surface area (Å²) in [5.41, 5.74) is 0. The SMILES string of the molecule is CCCCNCCCOCCCOC(=O)NCC. The van der Waals surface area contributed by atoms with E-state index in [-0.39, 0.29) is 6.09 Å². The highest BCUT2D eigenvalue weighted by atomic mass is 16.5. The minimum atomic E-state index is -0.349. The van der Waals surface area contributed by atoms with Crippen molar-refractivity contribution in [2.24, 2.45) is 0 Å². The monoisotopic (exact) mass is 260 g/mol. The van der Waals surface area contributed by atoms with Crippen LogP contribution < -0.4 is 10.6 Å². The molecule has 0 heterocycles. The summed E-state index contributed by atoms with van der Waals surface area (Å²) in [6, 6.07) is 0. The van der Waals surface area contributed by atoms with E-state index in [0.29, 0.717) is 19.8 Å². The van der Waals surface area contributed by atoms with Gasteiger partial charge in [0.25, 0.3) is 0 Å². The van der Waals surface area contributed by atoms with Gasteiger partial charge >= 0.3 is 6.09 Å². The van der Waals surface area contributed by atoms with E-state index in [1.807, 2.05) is 6.92 Å². The van der Waals surface area contributed by atoms with Gasteiger partial charge in [-0.2, -0.15) is 0 Å². The lowest BCUT2D eigenvalue weighted by molar-refractivity contribution is 0.0997. The van der Waals surface area contributed by atoms with Gasteiger partial charge < -0.3 is 20.1 Å². The van der Waals surface area contributed by atoms with E-state index < -0.39 is 0 Å². The average Bonchev–Trinajstić information content (AvgIpc) is 2.36. The first-order chi connectivity index (χ1) is 8.81. The standard InChI is InChI=1S/C13H28N2O3/c1-3-5-8-14-9-6-10-17-11-7-12-18-13(16)15-4-2/h14H,3-12H2,1-2H3,(H,15,16). The molecule has 0 aromatic rings. The molecule has 0 aliphatic carbocycles. The fraction of sp³-hybridized carbons (Fsp3) is 0.923. The van der Waals surface area contributed by atoms with Crippen LogP contribution in [0.4, 0.5) is 4.79 Å². The molecule has 18 heavy (non-hydrogen) atoms. The second-order valence-corrected chi connectivity index (χ2v) is 4.09. The first-order valence-corrected chi connectivity index (χ1v) is 7.00. The molecule has 0 rings (SSSR count). The Hall–Kier alpha value is -0.810. The van der Waals surface area contributed by atoms with Gasteiger partial charge in [0.15, 0.2) is 0 Å². The van der Waals surface area contributed by atoms with Gasteiger partial charge in [0.1, 0.15) is 0 Å². The van der Waals surface area contributed by atoms with E-state index in [0.717, 1.165) is 32.5 Å². The zero-order valence-corrected chi connectivity index (χ0v) is 11.8. The van der Waals surface area contributed by atoms with E-state index in [1.54, 1.807) is 0 Å². The van der Waals surface area contributed by atoms with Gasteiger partial charge in [-0.3, -0.25) is 0 Å². The van der Waals surface area contributed by atoms with Crippen LogP contribution in [0, 0.1) is 0 Å². The van der Waals surface area contributed by atoms with Crippen LogP contribution in [-0.4, -0.2) is 45.5 Å². The number of ether oxygens (including phenoxy) is 2. The lowest BCUT2D eigenvalue weighted by Gasteiger charge is -2.06. The highest BCUT2D eigenvalue weighted by Crippen LogP contribution is 1.89. The van der Waals surface area contributed by atoms with Gasteiger partial charge in [0.05, 0.1) is 6.61 Å². The van der Waals surface area contributed by atoms with Crippen LogP contribution in [0.5, 0.6) is 0 Å². The molecule has 0 bridgehead atoms. The topological polar surface area (TPSA) is 59.6 Å². The summed E-state index contributed by atoms with van der Waals surface area (Å²) < 4.78 is 10.3. The van der Waals surface area contributed by atoms with Crippen molar-refractivity contribution < 1.29 is 14.3 Å². The van der Waals surface area contributed by atoms with Gasteiger partial charge in [-0.1, -0.05) is 13.3 Å². The maximum Gasteiger partial charge on any atom is 0.407 e. The van der Waals surface area contributed by atoms with Crippen LogP contribution in [0.25, 0.3) is 0 Å². The molecule has 0 saturated heterocycles. The smallest absolute Gasteiger partial charge is 0.407 e. The van der Waals surface area contributed by atoms with Gasteiger partial charge in [-0.05, 0) is 32.9 Å². The molecule has 0 aliphatic heterocycles. The van der Waals surface area contributed by atoms with E-state index in [2.05, 4.69) is 17.6 Å². The van der Waals surface area contributed by atoms with Crippen molar-refractivity contribution >= 4 is 6.09 Å². The zero-order valence-electron chi connectivity index (χ0n) is 11.8. The van der Waals surface area contributed by atoms with Gasteiger partial charge in [-0.25, -0.2) is 4.79 Å². The summed E-state index contributed by atoms with van der Waals surface area (Å²) in [4.78, 5) is 10.9. The van der Waals surface area contributed by atoms with Crippen molar-refractivity contribution in [2.75, 3.05) is 39.5 Å². The van der Waals surface area contributed by atoms with Gasteiger partial charge in [0.2, 0.25) is 0 Å². The summed E-state index contributed by atoms with van der Waals surface area (Å²) in [5, 5.41) is 5.93. The molecule has 0 radical (unpaired) electrons. The fourth-order valence-electron chi connectivity index (χ4n) is 1.35. The molecule has 5 nitrogen and oxygen atoms in total. The Bertz CT molecular complexity index is 189. The quantitative estimate of drug-likeness (QED) is 0.526. The molecule has 0 unspecified atom stereocenters. The fourth-order valence-corrected chi connectivity index (χ4v) is 1.35. The molecule has 0 fully saturated rings. The van der Waals surface area contributed by atoms with Crippen LogP contribution in [0.3, 0.4) is 0 Å². The molecule has 0 aliphatic rings. The van der Waals surface area contributed by atoms with Crippen LogP contribution in [0.1, 0.15) is 39.5 Å². The Balaban J connectivity index is 3.01. The van der Waals surface area contributed by atoms with Crippen LogP contribution in [0.15, 0.2) is 0 Å². The minimum Gasteiger partial charge on any atom is -0.449 e. The Kier molecular flexibility index (Phi) is 13.6. The molecule has 0 spiro atoms. The predicted molar refractivity (Wildman–Crippen MR) is 72.9 cm³/mol. The molecule has 0 aromatic heterocycles. The highest BCUT2D eigenvalue weighted by molar-refractivity contribution is 5.66. The predicted octanol–water partition coefficient (Wildman–Crippen LogP) is 1.92. The number of carbonyl (C=O) groups is 1. The molecule has 2 N–H and O–H groups in total. The van der Waals surface area contributed by atoms with Crippen molar-refractivity contribution in [3.8, 4) is 0 Å². The molecule has 0 saturated carbocycles. The largest absolute Gasteiger partial charge is 0.449 e. The van der Waals surface area contributed by atoms with Crippen molar-refractivity contribution in [3.05, 3.63) is 0 Å². The summed E-state index contributed by atoms with van der Waals surface area (Å²) in [6.07, 6.45) is 3.90. The lowest BCUT2D eigenvalue weighted by Crippen LogP contribution is -2.24. The van der Waals surface area contributed by atoms with E-state index in [4.69, 9.17) is 9.47 Å². The number of rotatable bonds is 12. The summed E-state index contributed by atoms with van der Waals surface area (Å²) in [5.74, 6) is 0. The van der Waals surface area contributed by atoms with E-state index >= 15 is 0 Å². The molecule has 5 heteroatoms. The number of alkyl carbamates (subject to hydrolysis) is 1. The third kappa shape index (κ3) is 13.3. The first-order valence-electron chi connectivity index (χ1n) is 7.00. The van der Waals surface area contributed by atoms with Gasteiger partial charge in [-0.15, -0.1) is 0 Å². The average molecular weight is 260 g/mol. The van der Waals surface area contributed by atoms with E-state index in [9.17, 15) is 4.79 Å². The number of hydrogen-bond acceptors (Lipinski definition) is 4. The van der Waals surface area contributed by atoms with Gasteiger partial charge in [0, 0.05) is 26.2 Å². The van der Waals surface area contributed by atoms with Crippen molar-refractivity contribution in [3.63, 3.8) is 0 Å².